The topological polar surface area (TPSA) is 62.6 Å². The molecule has 2 heterocycles. The zero-order valence-corrected chi connectivity index (χ0v) is 21.2. The maximum Gasteiger partial charge on any atom is 0.129 e. The number of nitrogens with one attached hydrogen (secondary N) is 1. The van der Waals surface area contributed by atoms with Gasteiger partial charge in [-0.3, -0.25) is 0 Å². The predicted molar refractivity (Wildman–Crippen MR) is 138 cm³/mol. The molecule has 1 aliphatic carbocycles. The minimum Gasteiger partial charge on any atom is -0.497 e. The van der Waals surface area contributed by atoms with Gasteiger partial charge in [0.25, 0.3) is 0 Å². The second-order valence-electron chi connectivity index (χ2n) is 10.4. The Morgan fingerprint density at radius 2 is 1.91 bits per heavy atom. The van der Waals surface area contributed by atoms with Crippen LogP contribution < -0.4 is 10.1 Å². The number of fused-ring (bicyclic) bond motifs is 1. The Bertz CT molecular complexity index is 1150. The molecule has 0 unspecified atom stereocenters. The van der Waals surface area contributed by atoms with Gasteiger partial charge in [-0.1, -0.05) is 18.2 Å². The van der Waals surface area contributed by atoms with Gasteiger partial charge in [-0.15, -0.1) is 0 Å². The van der Waals surface area contributed by atoms with Crippen LogP contribution in [0.15, 0.2) is 53.4 Å². The van der Waals surface area contributed by atoms with Crippen LogP contribution in [0.3, 0.4) is 0 Å². The minimum absolute atomic E-state index is 0.140. The fraction of sp³-hybridized carbons (Fsp3) is 0.444. The van der Waals surface area contributed by atoms with E-state index in [1.54, 1.807) is 7.11 Å². The van der Waals surface area contributed by atoms with Crippen LogP contribution in [0.5, 0.6) is 5.75 Å². The summed E-state index contributed by atoms with van der Waals surface area (Å²) in [6.07, 6.45) is 2.47. The van der Waals surface area contributed by atoms with Crippen LogP contribution in [-0.4, -0.2) is 32.4 Å². The van der Waals surface area contributed by atoms with Crippen molar-refractivity contribution in [3.63, 3.8) is 0 Å². The van der Waals surface area contributed by atoms with Crippen LogP contribution in [0.2, 0.25) is 0 Å². The zero-order valence-electron chi connectivity index (χ0n) is 20.4. The van der Waals surface area contributed by atoms with Gasteiger partial charge in [-0.25, -0.2) is 8.99 Å². The summed E-state index contributed by atoms with van der Waals surface area (Å²) in [5.74, 6) is 2.22. The Balaban J connectivity index is 1.31. The lowest BCUT2D eigenvalue weighted by molar-refractivity contribution is 0.181. The molecular weight excluding hydrogens is 444 g/mol. The van der Waals surface area contributed by atoms with Crippen molar-refractivity contribution in [1.82, 2.24) is 14.1 Å². The zero-order chi connectivity index (χ0) is 23.9. The molecule has 0 spiro atoms. The van der Waals surface area contributed by atoms with Crippen molar-refractivity contribution < 1.29 is 9.84 Å². The first kappa shape index (κ1) is 23.3. The summed E-state index contributed by atoms with van der Waals surface area (Å²) in [5, 5.41) is 18.6. The number of anilines is 2. The van der Waals surface area contributed by atoms with E-state index in [-0.39, 0.29) is 11.6 Å². The van der Waals surface area contributed by atoms with Crippen LogP contribution in [0, 0.1) is 0 Å². The summed E-state index contributed by atoms with van der Waals surface area (Å²) in [6, 6.07) is 17.1. The molecule has 5 rings (SSSR count). The van der Waals surface area contributed by atoms with Gasteiger partial charge in [-0.05, 0) is 87.4 Å². The lowest BCUT2D eigenvalue weighted by Gasteiger charge is -2.23. The van der Waals surface area contributed by atoms with E-state index in [0.29, 0.717) is 5.92 Å². The molecule has 1 aliphatic heterocycles. The molecule has 180 valence electrons. The van der Waals surface area contributed by atoms with Gasteiger partial charge < -0.3 is 15.2 Å². The Morgan fingerprint density at radius 1 is 1.12 bits per heavy atom. The van der Waals surface area contributed by atoms with Gasteiger partial charge in [0.15, 0.2) is 0 Å². The van der Waals surface area contributed by atoms with Crippen LogP contribution in [0.1, 0.15) is 62.8 Å². The maximum atomic E-state index is 10.00. The Morgan fingerprint density at radius 3 is 2.59 bits per heavy atom. The number of ether oxygens (including phenoxy) is 1. The quantitative estimate of drug-likeness (QED) is 0.421. The molecule has 1 fully saturated rings. The van der Waals surface area contributed by atoms with Crippen LogP contribution >= 0.6 is 11.9 Å². The molecule has 0 radical (unpaired) electrons. The van der Waals surface area contributed by atoms with E-state index < -0.39 is 0 Å². The van der Waals surface area contributed by atoms with Gasteiger partial charge in [0.1, 0.15) is 11.6 Å². The lowest BCUT2D eigenvalue weighted by Crippen LogP contribution is -2.24. The lowest BCUT2D eigenvalue weighted by atomic mass is 10.0. The van der Waals surface area contributed by atoms with Crippen LogP contribution in [0.4, 0.5) is 11.5 Å². The Kier molecular flexibility index (Phi) is 6.35. The van der Waals surface area contributed by atoms with Crippen LogP contribution in [-0.2, 0) is 18.6 Å². The molecule has 2 atom stereocenters. The number of hydrogen-bond donors (Lipinski definition) is 2. The molecule has 2 N–H and O–H groups in total. The number of hydrogen-bond acceptors (Lipinski definition) is 6. The van der Waals surface area contributed by atoms with E-state index in [9.17, 15) is 5.11 Å². The van der Waals surface area contributed by atoms with Crippen molar-refractivity contribution in [2.24, 2.45) is 0 Å². The van der Waals surface area contributed by atoms with Gasteiger partial charge in [0.05, 0.1) is 24.4 Å². The van der Waals surface area contributed by atoms with Gasteiger partial charge >= 0.3 is 0 Å². The molecule has 6 nitrogen and oxygen atoms in total. The largest absolute Gasteiger partial charge is 0.497 e. The van der Waals surface area contributed by atoms with E-state index in [1.807, 2.05) is 24.1 Å². The number of aliphatic hydroxyl groups is 1. The second-order valence-corrected chi connectivity index (χ2v) is 11.5. The highest BCUT2D eigenvalue weighted by Gasteiger charge is 2.29. The van der Waals surface area contributed by atoms with Gasteiger partial charge in [0, 0.05) is 35.7 Å². The van der Waals surface area contributed by atoms with Crippen molar-refractivity contribution in [2.45, 2.75) is 75.6 Å². The van der Waals surface area contributed by atoms with E-state index in [2.05, 4.69) is 71.5 Å². The smallest absolute Gasteiger partial charge is 0.129 e. The van der Waals surface area contributed by atoms with Crippen molar-refractivity contribution in [3.05, 3.63) is 65.4 Å². The third-order valence-electron chi connectivity index (χ3n) is 6.62. The minimum atomic E-state index is -0.198. The highest BCUT2D eigenvalue weighted by Crippen LogP contribution is 2.40. The normalized spacial score (nSPS) is 20.5. The van der Waals surface area contributed by atoms with Crippen molar-refractivity contribution in [2.75, 3.05) is 12.4 Å². The molecule has 7 heteroatoms. The first-order valence-electron chi connectivity index (χ1n) is 12.0. The van der Waals surface area contributed by atoms with Crippen molar-refractivity contribution in [1.29, 1.82) is 0 Å². The number of benzene rings is 2. The first-order chi connectivity index (χ1) is 16.3. The molecular formula is C27H34N4O2S. The number of aromatic nitrogens is 2. The molecule has 0 saturated heterocycles. The van der Waals surface area contributed by atoms with Crippen molar-refractivity contribution in [3.8, 4) is 5.75 Å². The fourth-order valence-corrected chi connectivity index (χ4v) is 5.93. The highest BCUT2D eigenvalue weighted by atomic mass is 32.2. The number of nitrogens with zero attached hydrogens (tertiary/aromatic N) is 3. The fourth-order valence-electron chi connectivity index (χ4n) is 4.81. The number of aliphatic hydroxyl groups excluding tert-OH is 1. The van der Waals surface area contributed by atoms with E-state index in [4.69, 9.17) is 9.84 Å². The average molecular weight is 479 g/mol. The Hall–Kier alpha value is -2.48. The highest BCUT2D eigenvalue weighted by molar-refractivity contribution is 7.97. The molecule has 3 aromatic rings. The summed E-state index contributed by atoms with van der Waals surface area (Å²) in [4.78, 5) is 1.29. The predicted octanol–water partition coefficient (Wildman–Crippen LogP) is 6.04. The summed E-state index contributed by atoms with van der Waals surface area (Å²) < 4.78 is 9.75. The molecule has 2 aromatic carbocycles. The second kappa shape index (κ2) is 9.29. The monoisotopic (exact) mass is 478 g/mol. The summed E-state index contributed by atoms with van der Waals surface area (Å²) in [6.45, 7) is 8.34. The molecule has 0 amide bonds. The van der Waals surface area contributed by atoms with E-state index in [1.165, 1.54) is 16.0 Å². The SMILES string of the molecule is COc1ccc(CN2Cc3ccc(Nc4cc([C@H]5CC[C@@H](O)C5)nn4C(C)(C)C)cc3S2)cc1. The Labute approximate surface area is 206 Å². The van der Waals surface area contributed by atoms with Crippen LogP contribution in [0.25, 0.3) is 0 Å². The third kappa shape index (κ3) is 4.97. The van der Waals surface area contributed by atoms with E-state index >= 15 is 0 Å². The maximum absolute atomic E-state index is 10.00. The molecule has 34 heavy (non-hydrogen) atoms. The van der Waals surface area contributed by atoms with E-state index in [0.717, 1.165) is 55.3 Å². The number of rotatable bonds is 6. The van der Waals surface area contributed by atoms with Gasteiger partial charge in [0.2, 0.25) is 0 Å². The molecule has 1 saturated carbocycles. The average Bonchev–Trinajstić information content (AvgIpc) is 3.51. The van der Waals surface area contributed by atoms with Gasteiger partial charge in [-0.2, -0.15) is 5.10 Å². The van der Waals surface area contributed by atoms with Crippen molar-refractivity contribution >= 4 is 23.5 Å². The molecule has 1 aromatic heterocycles. The summed E-state index contributed by atoms with van der Waals surface area (Å²) in [7, 11) is 1.70. The standard InChI is InChI=1S/C27H34N4O2S/c1-27(2,3)31-26(15-24(29-31)19-8-10-22(32)13-19)28-21-9-7-20-17-30(34-25(20)14-21)16-18-5-11-23(33-4)12-6-18/h5-7,9,11-12,14-15,19,22,28,32H,8,10,13,16-17H2,1-4H3/t19-,22+/m0/s1. The summed E-state index contributed by atoms with van der Waals surface area (Å²) in [5.41, 5.74) is 4.64. The first-order valence-corrected chi connectivity index (χ1v) is 12.8. The summed E-state index contributed by atoms with van der Waals surface area (Å²) >= 11 is 1.81. The molecule has 0 bridgehead atoms. The molecule has 2 aliphatic rings. The third-order valence-corrected chi connectivity index (χ3v) is 7.71. The number of methoxy groups -OCH3 is 1.